The van der Waals surface area contributed by atoms with Crippen LogP contribution in [0.4, 0.5) is 5.69 Å². The molecule has 1 saturated heterocycles. The highest BCUT2D eigenvalue weighted by Crippen LogP contribution is 2.40. The molecule has 1 heterocycles. The number of hydrogen-bond donors (Lipinski definition) is 2. The third-order valence-electron chi connectivity index (χ3n) is 2.83. The SMILES string of the molecule is CNS(=O)(=O)O[C@@H]1OC(C)(C)O[C@@H]1c1ccccc1N. The molecule has 1 aliphatic rings. The smallest absolute Gasteiger partial charge is 0.338 e. The summed E-state index contributed by atoms with van der Waals surface area (Å²) in [6.45, 7) is 3.35. The monoisotopic (exact) mass is 302 g/mol. The molecule has 1 aromatic carbocycles. The normalized spacial score (nSPS) is 25.8. The van der Waals surface area contributed by atoms with Crippen LogP contribution in [0.25, 0.3) is 0 Å². The molecule has 7 nitrogen and oxygen atoms in total. The zero-order chi connectivity index (χ0) is 15.0. The second-order valence-electron chi connectivity index (χ2n) is 4.81. The molecule has 0 spiro atoms. The van der Waals surface area contributed by atoms with Crippen molar-refractivity contribution in [2.24, 2.45) is 0 Å². The van der Waals surface area contributed by atoms with E-state index < -0.39 is 28.5 Å². The molecule has 2 atom stereocenters. The minimum Gasteiger partial charge on any atom is -0.398 e. The van der Waals surface area contributed by atoms with Crippen LogP contribution in [0.2, 0.25) is 0 Å². The summed E-state index contributed by atoms with van der Waals surface area (Å²) in [5.41, 5.74) is 6.99. The minimum absolute atomic E-state index is 0.481. The van der Waals surface area contributed by atoms with Gasteiger partial charge in [0.15, 0.2) is 5.79 Å². The lowest BCUT2D eigenvalue weighted by molar-refractivity contribution is -0.167. The first-order valence-electron chi connectivity index (χ1n) is 6.06. The zero-order valence-corrected chi connectivity index (χ0v) is 12.3. The van der Waals surface area contributed by atoms with E-state index in [1.807, 2.05) is 0 Å². The van der Waals surface area contributed by atoms with Gasteiger partial charge in [-0.25, -0.2) is 4.18 Å². The summed E-state index contributed by atoms with van der Waals surface area (Å²) in [6, 6.07) is 7.00. The predicted molar refractivity (Wildman–Crippen MR) is 72.7 cm³/mol. The molecule has 0 bridgehead atoms. The number of nitrogens with two attached hydrogens (primary N) is 1. The molecule has 0 radical (unpaired) electrons. The summed E-state index contributed by atoms with van der Waals surface area (Å²) in [7, 11) is -2.65. The van der Waals surface area contributed by atoms with Crippen molar-refractivity contribution in [3.8, 4) is 0 Å². The minimum atomic E-state index is -3.90. The van der Waals surface area contributed by atoms with E-state index in [2.05, 4.69) is 4.72 Å². The molecule has 0 aliphatic carbocycles. The van der Waals surface area contributed by atoms with Gasteiger partial charge in [-0.1, -0.05) is 18.2 Å². The van der Waals surface area contributed by atoms with Crippen LogP contribution in [0, 0.1) is 0 Å². The molecular weight excluding hydrogens is 284 g/mol. The molecule has 0 aromatic heterocycles. The maximum atomic E-state index is 11.5. The van der Waals surface area contributed by atoms with E-state index in [9.17, 15) is 8.42 Å². The first-order chi connectivity index (χ1) is 9.24. The number of rotatable bonds is 4. The summed E-state index contributed by atoms with van der Waals surface area (Å²) in [5.74, 6) is -0.971. The highest BCUT2D eigenvalue weighted by molar-refractivity contribution is 7.84. The van der Waals surface area contributed by atoms with E-state index in [0.717, 1.165) is 0 Å². The third-order valence-corrected chi connectivity index (χ3v) is 3.78. The Bertz CT molecular complexity index is 587. The van der Waals surface area contributed by atoms with Crippen LogP contribution in [-0.4, -0.2) is 27.5 Å². The molecule has 0 saturated carbocycles. The first-order valence-corrected chi connectivity index (χ1v) is 7.47. The summed E-state index contributed by atoms with van der Waals surface area (Å²) in [6.07, 6.45) is -1.83. The quantitative estimate of drug-likeness (QED) is 0.802. The fraction of sp³-hybridized carbons (Fsp3) is 0.500. The van der Waals surface area contributed by atoms with Gasteiger partial charge in [-0.3, -0.25) is 0 Å². The van der Waals surface area contributed by atoms with Crippen molar-refractivity contribution in [3.63, 3.8) is 0 Å². The van der Waals surface area contributed by atoms with Crippen molar-refractivity contribution in [3.05, 3.63) is 29.8 Å². The summed E-state index contributed by atoms with van der Waals surface area (Å²) < 4.78 is 41.3. The average molecular weight is 302 g/mol. The van der Waals surface area contributed by atoms with Gasteiger partial charge in [0, 0.05) is 18.3 Å². The van der Waals surface area contributed by atoms with Crippen LogP contribution in [0.5, 0.6) is 0 Å². The molecule has 0 unspecified atom stereocenters. The van der Waals surface area contributed by atoms with Gasteiger partial charge in [0.05, 0.1) is 0 Å². The Labute approximate surface area is 118 Å². The highest BCUT2D eigenvalue weighted by atomic mass is 32.2. The number of nitrogens with one attached hydrogen (secondary N) is 1. The molecule has 112 valence electrons. The highest BCUT2D eigenvalue weighted by Gasteiger charge is 2.45. The van der Waals surface area contributed by atoms with Crippen molar-refractivity contribution in [2.75, 3.05) is 12.8 Å². The molecule has 1 fully saturated rings. The van der Waals surface area contributed by atoms with Crippen molar-refractivity contribution < 1.29 is 22.1 Å². The lowest BCUT2D eigenvalue weighted by Crippen LogP contribution is -2.31. The van der Waals surface area contributed by atoms with Gasteiger partial charge in [0.25, 0.3) is 0 Å². The number of benzene rings is 1. The van der Waals surface area contributed by atoms with Crippen LogP contribution in [0.1, 0.15) is 25.5 Å². The number of anilines is 1. The van der Waals surface area contributed by atoms with E-state index in [4.69, 9.17) is 19.4 Å². The van der Waals surface area contributed by atoms with E-state index >= 15 is 0 Å². The molecule has 20 heavy (non-hydrogen) atoms. The van der Waals surface area contributed by atoms with Crippen LogP contribution < -0.4 is 10.5 Å². The van der Waals surface area contributed by atoms with Gasteiger partial charge in [0.2, 0.25) is 6.29 Å². The summed E-state index contributed by atoms with van der Waals surface area (Å²) in [5, 5.41) is 0. The fourth-order valence-electron chi connectivity index (χ4n) is 1.95. The Morgan fingerprint density at radius 1 is 1.30 bits per heavy atom. The second kappa shape index (κ2) is 5.30. The number of nitrogen functional groups attached to an aromatic ring is 1. The second-order valence-corrected chi connectivity index (χ2v) is 6.32. The van der Waals surface area contributed by atoms with Crippen molar-refractivity contribution in [1.82, 2.24) is 4.72 Å². The Hall–Kier alpha value is -1.19. The molecule has 3 N–H and O–H groups in total. The molecule has 1 aromatic rings. The standard InChI is InChI=1S/C12H18N2O5S/c1-12(2)17-10(8-6-4-5-7-9(8)13)11(18-12)19-20(15,16)14-3/h4-7,10-11,14H,13H2,1-3H3/t10-,11+/m1/s1. The van der Waals surface area contributed by atoms with E-state index in [1.165, 1.54) is 7.05 Å². The van der Waals surface area contributed by atoms with Crippen molar-refractivity contribution in [1.29, 1.82) is 0 Å². The lowest BCUT2D eigenvalue weighted by atomic mass is 10.1. The molecule has 0 amide bonds. The predicted octanol–water partition coefficient (Wildman–Crippen LogP) is 0.900. The van der Waals surface area contributed by atoms with Crippen LogP contribution in [-0.2, 0) is 24.0 Å². The van der Waals surface area contributed by atoms with Crippen LogP contribution in [0.15, 0.2) is 24.3 Å². The number of hydrogen-bond acceptors (Lipinski definition) is 6. The molecule has 8 heteroatoms. The lowest BCUT2D eigenvalue weighted by Gasteiger charge is -2.18. The van der Waals surface area contributed by atoms with E-state index in [1.54, 1.807) is 38.1 Å². The average Bonchev–Trinajstić information content (AvgIpc) is 2.64. The zero-order valence-electron chi connectivity index (χ0n) is 11.5. The van der Waals surface area contributed by atoms with Gasteiger partial charge in [-0.05, 0) is 19.9 Å². The Morgan fingerprint density at radius 3 is 2.55 bits per heavy atom. The van der Waals surface area contributed by atoms with Crippen LogP contribution in [0.3, 0.4) is 0 Å². The van der Waals surface area contributed by atoms with Gasteiger partial charge >= 0.3 is 10.3 Å². The molecule has 1 aliphatic heterocycles. The van der Waals surface area contributed by atoms with E-state index in [-0.39, 0.29) is 0 Å². The third kappa shape index (κ3) is 3.28. The maximum Gasteiger partial charge on any atom is 0.338 e. The van der Waals surface area contributed by atoms with Gasteiger partial charge in [0.1, 0.15) is 6.10 Å². The Morgan fingerprint density at radius 2 is 1.95 bits per heavy atom. The number of ether oxygens (including phenoxy) is 2. The maximum absolute atomic E-state index is 11.5. The first kappa shape index (κ1) is 15.2. The molecule has 2 rings (SSSR count). The van der Waals surface area contributed by atoms with Crippen molar-refractivity contribution >= 4 is 16.0 Å². The van der Waals surface area contributed by atoms with Gasteiger partial charge < -0.3 is 15.2 Å². The van der Waals surface area contributed by atoms with E-state index in [0.29, 0.717) is 11.3 Å². The summed E-state index contributed by atoms with van der Waals surface area (Å²) in [4.78, 5) is 0. The topological polar surface area (TPSA) is 99.9 Å². The largest absolute Gasteiger partial charge is 0.398 e. The van der Waals surface area contributed by atoms with Gasteiger partial charge in [-0.15, -0.1) is 0 Å². The summed E-state index contributed by atoms with van der Waals surface area (Å²) >= 11 is 0. The van der Waals surface area contributed by atoms with Gasteiger partial charge in [-0.2, -0.15) is 13.1 Å². The Kier molecular flexibility index (Phi) is 4.03. The number of para-hydroxylation sites is 1. The Balaban J connectivity index is 2.32. The van der Waals surface area contributed by atoms with Crippen molar-refractivity contribution in [2.45, 2.75) is 32.0 Å². The fourth-order valence-corrected chi connectivity index (χ4v) is 2.44. The molecular formula is C12H18N2O5S. The van der Waals surface area contributed by atoms with Crippen LogP contribution >= 0.6 is 0 Å².